The summed E-state index contributed by atoms with van der Waals surface area (Å²) in [6.07, 6.45) is 3.47. The van der Waals surface area contributed by atoms with E-state index >= 15 is 0 Å². The van der Waals surface area contributed by atoms with Crippen LogP contribution in [0.1, 0.15) is 44.7 Å². The highest BCUT2D eigenvalue weighted by atomic mass is 16.5. The minimum atomic E-state index is 0.0121. The Kier molecular flexibility index (Phi) is 5.84. The van der Waals surface area contributed by atoms with E-state index in [-0.39, 0.29) is 6.04 Å². The van der Waals surface area contributed by atoms with Crippen LogP contribution in [0.15, 0.2) is 18.2 Å². The number of ether oxygens (including phenoxy) is 2. The summed E-state index contributed by atoms with van der Waals surface area (Å²) in [5, 5.41) is 0. The molecule has 0 aliphatic heterocycles. The maximum atomic E-state index is 5.83. The van der Waals surface area contributed by atoms with Gasteiger partial charge < -0.3 is 15.2 Å². The van der Waals surface area contributed by atoms with Crippen molar-refractivity contribution in [1.29, 1.82) is 0 Å². The lowest BCUT2D eigenvalue weighted by Crippen LogP contribution is -2.06. The summed E-state index contributed by atoms with van der Waals surface area (Å²) in [7, 11) is 1.65. The second kappa shape index (κ2) is 7.17. The third-order valence-electron chi connectivity index (χ3n) is 2.72. The smallest absolute Gasteiger partial charge is 0.161 e. The Hall–Kier alpha value is -1.22. The number of methoxy groups -OCH3 is 1. The van der Waals surface area contributed by atoms with Gasteiger partial charge in [-0.2, -0.15) is 0 Å². The highest BCUT2D eigenvalue weighted by Gasteiger charge is 2.07. The summed E-state index contributed by atoms with van der Waals surface area (Å²) >= 11 is 0. The van der Waals surface area contributed by atoms with Crippen molar-refractivity contribution < 1.29 is 9.47 Å². The highest BCUT2D eigenvalue weighted by Crippen LogP contribution is 2.29. The van der Waals surface area contributed by atoms with Crippen molar-refractivity contribution in [3.8, 4) is 11.5 Å². The minimum Gasteiger partial charge on any atom is -0.493 e. The predicted octanol–water partition coefficient (Wildman–Crippen LogP) is 3.28. The molecule has 0 fully saturated rings. The molecule has 96 valence electrons. The molecule has 1 atom stereocenters. The fourth-order valence-corrected chi connectivity index (χ4v) is 1.62. The fraction of sp³-hybridized carbons (Fsp3) is 0.571. The first-order valence-electron chi connectivity index (χ1n) is 6.25. The molecule has 3 heteroatoms. The Morgan fingerprint density at radius 1 is 1.24 bits per heavy atom. The van der Waals surface area contributed by atoms with Crippen LogP contribution in [0.4, 0.5) is 0 Å². The molecule has 0 aromatic heterocycles. The topological polar surface area (TPSA) is 44.5 Å². The van der Waals surface area contributed by atoms with Crippen LogP contribution in [0.25, 0.3) is 0 Å². The van der Waals surface area contributed by atoms with Crippen molar-refractivity contribution in [1.82, 2.24) is 0 Å². The summed E-state index contributed by atoms with van der Waals surface area (Å²) in [5.41, 5.74) is 6.89. The van der Waals surface area contributed by atoms with E-state index in [1.54, 1.807) is 7.11 Å². The molecule has 3 nitrogen and oxygen atoms in total. The Labute approximate surface area is 104 Å². The van der Waals surface area contributed by atoms with Gasteiger partial charge in [-0.3, -0.25) is 0 Å². The fourth-order valence-electron chi connectivity index (χ4n) is 1.62. The Bertz CT molecular complexity index is 337. The lowest BCUT2D eigenvalue weighted by Gasteiger charge is -2.13. The van der Waals surface area contributed by atoms with Gasteiger partial charge >= 0.3 is 0 Å². The zero-order valence-corrected chi connectivity index (χ0v) is 11.0. The monoisotopic (exact) mass is 237 g/mol. The Balaban J connectivity index is 2.65. The number of hydrogen-bond donors (Lipinski definition) is 1. The molecular formula is C14H23NO2. The van der Waals surface area contributed by atoms with E-state index in [2.05, 4.69) is 6.92 Å². The second-order valence-corrected chi connectivity index (χ2v) is 4.25. The van der Waals surface area contributed by atoms with E-state index in [0.29, 0.717) is 0 Å². The van der Waals surface area contributed by atoms with Gasteiger partial charge in [-0.15, -0.1) is 0 Å². The van der Waals surface area contributed by atoms with E-state index in [1.807, 2.05) is 25.1 Å². The molecule has 1 rings (SSSR count). The molecule has 0 radical (unpaired) electrons. The lowest BCUT2D eigenvalue weighted by atomic mass is 10.1. The van der Waals surface area contributed by atoms with Gasteiger partial charge in [0.15, 0.2) is 11.5 Å². The van der Waals surface area contributed by atoms with Crippen LogP contribution in [0.5, 0.6) is 11.5 Å². The van der Waals surface area contributed by atoms with Crippen LogP contribution in [-0.4, -0.2) is 13.7 Å². The summed E-state index contributed by atoms with van der Waals surface area (Å²) in [5.74, 6) is 1.56. The molecule has 2 N–H and O–H groups in total. The first-order chi connectivity index (χ1) is 8.19. The van der Waals surface area contributed by atoms with Gasteiger partial charge in [-0.25, -0.2) is 0 Å². The van der Waals surface area contributed by atoms with Crippen molar-refractivity contribution in [2.75, 3.05) is 13.7 Å². The van der Waals surface area contributed by atoms with E-state index in [1.165, 1.54) is 12.8 Å². The van der Waals surface area contributed by atoms with Crippen LogP contribution in [0.3, 0.4) is 0 Å². The van der Waals surface area contributed by atoms with Crippen LogP contribution in [-0.2, 0) is 0 Å². The average molecular weight is 237 g/mol. The first kappa shape index (κ1) is 13.8. The van der Waals surface area contributed by atoms with Crippen LogP contribution in [0, 0.1) is 0 Å². The van der Waals surface area contributed by atoms with Crippen molar-refractivity contribution in [2.24, 2.45) is 5.73 Å². The Morgan fingerprint density at radius 2 is 2.00 bits per heavy atom. The number of nitrogens with two attached hydrogens (primary N) is 1. The molecular weight excluding hydrogens is 214 g/mol. The van der Waals surface area contributed by atoms with E-state index in [9.17, 15) is 0 Å². The molecule has 0 aliphatic carbocycles. The molecule has 1 aromatic carbocycles. The maximum Gasteiger partial charge on any atom is 0.161 e. The minimum absolute atomic E-state index is 0.0121. The van der Waals surface area contributed by atoms with Gasteiger partial charge in [-0.1, -0.05) is 25.8 Å². The number of unbranched alkanes of at least 4 members (excludes halogenated alkanes) is 2. The number of hydrogen-bond acceptors (Lipinski definition) is 3. The molecule has 0 spiro atoms. The molecule has 0 unspecified atom stereocenters. The zero-order valence-electron chi connectivity index (χ0n) is 11.0. The van der Waals surface area contributed by atoms with Gasteiger partial charge in [0.1, 0.15) is 0 Å². The SMILES string of the molecule is CCCCCOc1ccc([C@@H](C)N)cc1OC. The summed E-state index contributed by atoms with van der Waals surface area (Å²) in [6.45, 7) is 4.87. The molecule has 0 bridgehead atoms. The first-order valence-corrected chi connectivity index (χ1v) is 6.25. The third kappa shape index (κ3) is 4.27. The largest absolute Gasteiger partial charge is 0.493 e. The quantitative estimate of drug-likeness (QED) is 0.740. The number of rotatable bonds is 7. The van der Waals surface area contributed by atoms with Crippen molar-refractivity contribution in [2.45, 2.75) is 39.2 Å². The molecule has 1 aromatic rings. The van der Waals surface area contributed by atoms with E-state index in [4.69, 9.17) is 15.2 Å². The van der Waals surface area contributed by atoms with E-state index < -0.39 is 0 Å². The molecule has 17 heavy (non-hydrogen) atoms. The van der Waals surface area contributed by atoms with Gasteiger partial charge in [-0.05, 0) is 31.0 Å². The van der Waals surface area contributed by atoms with Crippen LogP contribution in [0.2, 0.25) is 0 Å². The predicted molar refractivity (Wildman–Crippen MR) is 70.6 cm³/mol. The summed E-state index contributed by atoms with van der Waals surface area (Å²) < 4.78 is 11.0. The summed E-state index contributed by atoms with van der Waals surface area (Å²) in [6, 6.07) is 5.88. The van der Waals surface area contributed by atoms with Crippen molar-refractivity contribution in [3.05, 3.63) is 23.8 Å². The van der Waals surface area contributed by atoms with Gasteiger partial charge in [0, 0.05) is 6.04 Å². The zero-order chi connectivity index (χ0) is 12.7. The third-order valence-corrected chi connectivity index (χ3v) is 2.72. The van der Waals surface area contributed by atoms with Gasteiger partial charge in [0.25, 0.3) is 0 Å². The summed E-state index contributed by atoms with van der Waals surface area (Å²) in [4.78, 5) is 0. The van der Waals surface area contributed by atoms with Gasteiger partial charge in [0.05, 0.1) is 13.7 Å². The average Bonchev–Trinajstić information content (AvgIpc) is 2.34. The standard InChI is InChI=1S/C14H23NO2/c1-4-5-6-9-17-13-8-7-12(11(2)15)10-14(13)16-3/h7-8,10-11H,4-6,9,15H2,1-3H3/t11-/m1/s1. The Morgan fingerprint density at radius 3 is 2.59 bits per heavy atom. The van der Waals surface area contributed by atoms with Crippen LogP contribution < -0.4 is 15.2 Å². The van der Waals surface area contributed by atoms with Crippen molar-refractivity contribution in [3.63, 3.8) is 0 Å². The van der Waals surface area contributed by atoms with Gasteiger partial charge in [0.2, 0.25) is 0 Å². The number of benzene rings is 1. The molecule has 0 saturated heterocycles. The van der Waals surface area contributed by atoms with Crippen LogP contribution >= 0.6 is 0 Å². The highest BCUT2D eigenvalue weighted by molar-refractivity contribution is 5.43. The van der Waals surface area contributed by atoms with Crippen molar-refractivity contribution >= 4 is 0 Å². The second-order valence-electron chi connectivity index (χ2n) is 4.25. The molecule has 0 saturated carbocycles. The van der Waals surface area contributed by atoms with E-state index in [0.717, 1.165) is 30.1 Å². The molecule has 0 amide bonds. The normalized spacial score (nSPS) is 12.2. The lowest BCUT2D eigenvalue weighted by molar-refractivity contribution is 0.285. The molecule has 0 heterocycles. The maximum absolute atomic E-state index is 5.83. The molecule has 0 aliphatic rings.